The van der Waals surface area contributed by atoms with Crippen LogP contribution >= 0.6 is 0 Å². The summed E-state index contributed by atoms with van der Waals surface area (Å²) in [5.74, 6) is 0. The van der Waals surface area contributed by atoms with Crippen LogP contribution in [0, 0.1) is 0 Å². The van der Waals surface area contributed by atoms with Gasteiger partial charge in [-0.05, 0) is 54.8 Å². The maximum atomic E-state index is 9.68. The number of aliphatic hydroxyl groups excluding tert-OH is 1. The normalized spacial score (nSPS) is 28.7. The number of hydrogen-bond acceptors (Lipinski definition) is 2. The lowest BCUT2D eigenvalue weighted by Crippen LogP contribution is -2.40. The molecule has 0 saturated heterocycles. The van der Waals surface area contributed by atoms with E-state index in [4.69, 9.17) is 5.73 Å². The van der Waals surface area contributed by atoms with Crippen molar-refractivity contribution in [3.8, 4) is 0 Å². The molecule has 3 heteroatoms. The Labute approximate surface area is 107 Å². The molecule has 2 aromatic rings. The van der Waals surface area contributed by atoms with Crippen LogP contribution in [0.5, 0.6) is 0 Å². The molecule has 1 heterocycles. The summed E-state index contributed by atoms with van der Waals surface area (Å²) in [6, 6.07) is 8.66. The highest BCUT2D eigenvalue weighted by molar-refractivity contribution is 5.80. The van der Waals surface area contributed by atoms with Crippen molar-refractivity contribution in [3.63, 3.8) is 0 Å². The van der Waals surface area contributed by atoms with Gasteiger partial charge in [0.15, 0.2) is 0 Å². The molecule has 1 aromatic carbocycles. The summed E-state index contributed by atoms with van der Waals surface area (Å²) >= 11 is 0. The molecule has 1 fully saturated rings. The zero-order valence-corrected chi connectivity index (χ0v) is 10.5. The first-order chi connectivity index (χ1) is 8.73. The summed E-state index contributed by atoms with van der Waals surface area (Å²) in [5, 5.41) is 10.9. The second-order valence-electron chi connectivity index (χ2n) is 5.50. The van der Waals surface area contributed by atoms with E-state index >= 15 is 0 Å². The Bertz CT molecular complexity index is 538. The summed E-state index contributed by atoms with van der Waals surface area (Å²) in [7, 11) is 0. The van der Waals surface area contributed by atoms with Crippen molar-refractivity contribution >= 4 is 10.9 Å². The fourth-order valence-corrected chi connectivity index (χ4v) is 3.15. The zero-order valence-electron chi connectivity index (χ0n) is 10.5. The van der Waals surface area contributed by atoms with Crippen LogP contribution in [0.2, 0.25) is 0 Å². The van der Waals surface area contributed by atoms with Gasteiger partial charge < -0.3 is 15.8 Å². The predicted octanol–water partition coefficient (Wildman–Crippen LogP) is 2.30. The minimum atomic E-state index is -0.138. The van der Waals surface area contributed by atoms with E-state index in [-0.39, 0.29) is 11.5 Å². The van der Waals surface area contributed by atoms with Crippen LogP contribution in [0.1, 0.15) is 31.2 Å². The summed E-state index contributed by atoms with van der Waals surface area (Å²) in [6.45, 7) is 0.662. The number of aromatic amines is 1. The lowest BCUT2D eigenvalue weighted by atomic mass is 9.68. The summed E-state index contributed by atoms with van der Waals surface area (Å²) in [5.41, 5.74) is 8.60. The predicted molar refractivity (Wildman–Crippen MR) is 73.5 cm³/mol. The van der Waals surface area contributed by atoms with E-state index in [1.54, 1.807) is 0 Å². The van der Waals surface area contributed by atoms with Gasteiger partial charge >= 0.3 is 0 Å². The molecule has 3 nitrogen and oxygen atoms in total. The molecule has 0 unspecified atom stereocenters. The molecule has 1 aliphatic rings. The van der Waals surface area contributed by atoms with Crippen molar-refractivity contribution < 1.29 is 5.11 Å². The highest BCUT2D eigenvalue weighted by Gasteiger charge is 2.35. The topological polar surface area (TPSA) is 62.0 Å². The lowest BCUT2D eigenvalue weighted by Gasteiger charge is -2.38. The number of aliphatic hydroxyl groups is 1. The van der Waals surface area contributed by atoms with Crippen LogP contribution in [0.25, 0.3) is 10.9 Å². The molecular weight excluding hydrogens is 224 g/mol. The first-order valence-corrected chi connectivity index (χ1v) is 6.69. The third kappa shape index (κ3) is 1.84. The highest BCUT2D eigenvalue weighted by Crippen LogP contribution is 2.39. The van der Waals surface area contributed by atoms with Gasteiger partial charge in [0.2, 0.25) is 0 Å². The van der Waals surface area contributed by atoms with Crippen molar-refractivity contribution in [2.24, 2.45) is 5.73 Å². The van der Waals surface area contributed by atoms with Crippen LogP contribution in [0.4, 0.5) is 0 Å². The number of H-pyrrole nitrogens is 1. The molecule has 1 aromatic heterocycles. The fourth-order valence-electron chi connectivity index (χ4n) is 3.15. The Hall–Kier alpha value is -1.32. The van der Waals surface area contributed by atoms with Crippen molar-refractivity contribution in [1.29, 1.82) is 0 Å². The van der Waals surface area contributed by atoms with Gasteiger partial charge in [0.25, 0.3) is 0 Å². The molecule has 0 amide bonds. The first kappa shape index (κ1) is 11.8. The molecule has 96 valence electrons. The maximum Gasteiger partial charge on any atom is 0.0541 e. The maximum absolute atomic E-state index is 9.68. The average Bonchev–Trinajstić information content (AvgIpc) is 2.87. The van der Waals surface area contributed by atoms with Crippen molar-refractivity contribution in [2.75, 3.05) is 6.54 Å². The van der Waals surface area contributed by atoms with Crippen LogP contribution < -0.4 is 5.73 Å². The molecule has 3 rings (SSSR count). The molecule has 0 spiro atoms. The third-order valence-corrected chi connectivity index (χ3v) is 4.47. The van der Waals surface area contributed by atoms with Gasteiger partial charge in [-0.2, -0.15) is 0 Å². The molecule has 1 aliphatic carbocycles. The van der Waals surface area contributed by atoms with Crippen LogP contribution in [-0.2, 0) is 5.41 Å². The van der Waals surface area contributed by atoms with Crippen molar-refractivity contribution in [3.05, 3.63) is 36.0 Å². The van der Waals surface area contributed by atoms with E-state index in [0.29, 0.717) is 6.54 Å². The van der Waals surface area contributed by atoms with E-state index < -0.39 is 0 Å². The van der Waals surface area contributed by atoms with Gasteiger partial charge in [-0.25, -0.2) is 0 Å². The number of rotatable bonds is 2. The molecule has 1 saturated carbocycles. The number of fused-ring (bicyclic) bond motifs is 1. The van der Waals surface area contributed by atoms with Gasteiger partial charge in [-0.15, -0.1) is 0 Å². The minimum absolute atomic E-state index is 0.0602. The lowest BCUT2D eigenvalue weighted by molar-refractivity contribution is 0.0975. The Kier molecular flexibility index (Phi) is 2.88. The van der Waals surface area contributed by atoms with Gasteiger partial charge in [0.05, 0.1) is 6.10 Å². The average molecular weight is 244 g/mol. The molecule has 0 aliphatic heterocycles. The van der Waals surface area contributed by atoms with Gasteiger partial charge in [0.1, 0.15) is 0 Å². The first-order valence-electron chi connectivity index (χ1n) is 6.69. The van der Waals surface area contributed by atoms with E-state index in [1.807, 2.05) is 6.20 Å². The zero-order chi connectivity index (χ0) is 12.6. The molecule has 0 radical (unpaired) electrons. The highest BCUT2D eigenvalue weighted by atomic mass is 16.3. The standard InChI is InChI=1S/C15H20N2O/c16-10-15(6-3-13(18)4-7-15)12-1-2-14-11(9-12)5-8-17-14/h1-2,5,8-9,13,17-18H,3-4,6-7,10,16H2. The summed E-state index contributed by atoms with van der Waals surface area (Å²) in [6.07, 6.45) is 5.53. The monoisotopic (exact) mass is 244 g/mol. The third-order valence-electron chi connectivity index (χ3n) is 4.47. The summed E-state index contributed by atoms with van der Waals surface area (Å²) in [4.78, 5) is 3.22. The smallest absolute Gasteiger partial charge is 0.0541 e. The van der Waals surface area contributed by atoms with Crippen LogP contribution in [0.15, 0.2) is 30.5 Å². The van der Waals surface area contributed by atoms with E-state index in [0.717, 1.165) is 25.7 Å². The SMILES string of the molecule is NCC1(c2ccc3[nH]ccc3c2)CCC(O)CC1. The van der Waals surface area contributed by atoms with Gasteiger partial charge in [-0.1, -0.05) is 6.07 Å². The van der Waals surface area contributed by atoms with Crippen molar-refractivity contribution in [2.45, 2.75) is 37.2 Å². The van der Waals surface area contributed by atoms with E-state index in [1.165, 1.54) is 16.5 Å². The summed E-state index contributed by atoms with van der Waals surface area (Å²) < 4.78 is 0. The Morgan fingerprint density at radius 3 is 2.78 bits per heavy atom. The largest absolute Gasteiger partial charge is 0.393 e. The Morgan fingerprint density at radius 2 is 2.06 bits per heavy atom. The Morgan fingerprint density at radius 1 is 1.28 bits per heavy atom. The molecular formula is C15H20N2O. The fraction of sp³-hybridized carbons (Fsp3) is 0.467. The molecule has 18 heavy (non-hydrogen) atoms. The molecule has 0 atom stereocenters. The number of benzene rings is 1. The quantitative estimate of drug-likeness (QED) is 0.759. The molecule has 4 N–H and O–H groups in total. The number of nitrogens with one attached hydrogen (secondary N) is 1. The molecule has 0 bridgehead atoms. The van der Waals surface area contributed by atoms with Crippen molar-refractivity contribution in [1.82, 2.24) is 4.98 Å². The van der Waals surface area contributed by atoms with Gasteiger partial charge in [0, 0.05) is 23.7 Å². The number of hydrogen-bond donors (Lipinski definition) is 3. The Balaban J connectivity index is 1.99. The number of aromatic nitrogens is 1. The van der Waals surface area contributed by atoms with Gasteiger partial charge in [-0.3, -0.25) is 0 Å². The minimum Gasteiger partial charge on any atom is -0.393 e. The van der Waals surface area contributed by atoms with Crippen LogP contribution in [-0.4, -0.2) is 22.7 Å². The second kappa shape index (κ2) is 4.41. The number of nitrogens with two attached hydrogens (primary N) is 1. The van der Waals surface area contributed by atoms with Crippen LogP contribution in [0.3, 0.4) is 0 Å². The van der Waals surface area contributed by atoms with E-state index in [9.17, 15) is 5.11 Å². The van der Waals surface area contributed by atoms with E-state index in [2.05, 4.69) is 29.2 Å². The second-order valence-corrected chi connectivity index (χ2v) is 5.50.